The molecule has 1 amide bonds. The Balaban J connectivity index is 1.18. The number of likely N-dealkylation sites (tertiary alicyclic amines) is 1. The molecule has 4 aliphatic heterocycles. The normalized spacial score (nSPS) is 24.7. The largest absolute Gasteiger partial charge is 0.462 e. The molecule has 1 unspecified atom stereocenters. The van der Waals surface area contributed by atoms with Crippen LogP contribution in [0.1, 0.15) is 36.1 Å². The van der Waals surface area contributed by atoms with Crippen molar-refractivity contribution in [2.24, 2.45) is 0 Å². The Kier molecular flexibility index (Phi) is 8.44. The minimum Gasteiger partial charge on any atom is -0.462 e. The highest BCUT2D eigenvalue weighted by molar-refractivity contribution is 7.88. The van der Waals surface area contributed by atoms with Crippen LogP contribution >= 0.6 is 0 Å². The van der Waals surface area contributed by atoms with Crippen molar-refractivity contribution in [1.82, 2.24) is 24.1 Å². The summed E-state index contributed by atoms with van der Waals surface area (Å²) in [5, 5.41) is 12.2. The quantitative estimate of drug-likeness (QED) is 0.334. The van der Waals surface area contributed by atoms with Crippen LogP contribution in [-0.2, 0) is 27.8 Å². The zero-order valence-corrected chi connectivity index (χ0v) is 28.1. The lowest BCUT2D eigenvalue weighted by Gasteiger charge is -2.42. The maximum atomic E-state index is 13.4. The molecule has 0 N–H and O–H groups in total. The summed E-state index contributed by atoms with van der Waals surface area (Å²) in [6, 6.07) is 14.7. The van der Waals surface area contributed by atoms with Gasteiger partial charge in [0.25, 0.3) is 0 Å². The molecule has 3 aromatic rings. The standard InChI is InChI=1S/C34H42N8O4S/c1-23-7-4-8-24-9-5-11-29(31(23)24)39-16-13-27-28(20-39)36-34(46-22-26-10-6-15-38(26)2)37-32(27)40-17-18-41(25(19-40)12-14-35)33(43)30-21-42(30)47(3,44)45/h4-5,7-9,11,25-26,30H,6,10,12-13,15-22H2,1-3H3/t25-,26-,30+,42?/m0/s1. The Bertz CT molecular complexity index is 1840. The van der Waals surface area contributed by atoms with Crippen molar-refractivity contribution >= 4 is 38.2 Å². The lowest BCUT2D eigenvalue weighted by atomic mass is 9.99. The van der Waals surface area contributed by atoms with Crippen LogP contribution in [0.25, 0.3) is 10.8 Å². The van der Waals surface area contributed by atoms with Gasteiger partial charge in [0.2, 0.25) is 15.9 Å². The Morgan fingerprint density at radius 3 is 2.57 bits per heavy atom. The highest BCUT2D eigenvalue weighted by atomic mass is 32.2. The number of rotatable bonds is 8. The average molecular weight is 659 g/mol. The number of fused-ring (bicyclic) bond motifs is 2. The molecule has 0 aliphatic carbocycles. The summed E-state index contributed by atoms with van der Waals surface area (Å²) in [4.78, 5) is 32.0. The molecule has 1 aromatic heterocycles. The minimum atomic E-state index is -3.44. The van der Waals surface area contributed by atoms with Crippen molar-refractivity contribution in [3.05, 3.63) is 53.2 Å². The van der Waals surface area contributed by atoms with Gasteiger partial charge in [-0.2, -0.15) is 19.5 Å². The Morgan fingerprint density at radius 2 is 1.85 bits per heavy atom. The molecular weight excluding hydrogens is 616 g/mol. The minimum absolute atomic E-state index is 0.146. The maximum absolute atomic E-state index is 13.4. The number of hydrogen-bond acceptors (Lipinski definition) is 10. The van der Waals surface area contributed by atoms with E-state index >= 15 is 0 Å². The number of aryl methyl sites for hydroxylation is 1. The van der Waals surface area contributed by atoms with Gasteiger partial charge in [-0.3, -0.25) is 4.79 Å². The molecular formula is C34H42N8O4S. The van der Waals surface area contributed by atoms with Gasteiger partial charge in [0.05, 0.1) is 37.0 Å². The van der Waals surface area contributed by atoms with E-state index in [4.69, 9.17) is 14.7 Å². The highest BCUT2D eigenvalue weighted by Crippen LogP contribution is 2.36. The molecule has 0 radical (unpaired) electrons. The molecule has 248 valence electrons. The number of nitriles is 1. The molecule has 2 aromatic carbocycles. The van der Waals surface area contributed by atoms with E-state index in [0.29, 0.717) is 44.8 Å². The van der Waals surface area contributed by atoms with Gasteiger partial charge in [0.15, 0.2) is 0 Å². The topological polar surface area (TPSA) is 126 Å². The van der Waals surface area contributed by atoms with Crippen molar-refractivity contribution in [2.75, 3.05) is 69.0 Å². The maximum Gasteiger partial charge on any atom is 0.318 e. The number of amides is 1. The van der Waals surface area contributed by atoms with Gasteiger partial charge in [-0.25, -0.2) is 8.42 Å². The number of nitrogens with zero attached hydrogens (tertiary/aromatic N) is 8. The van der Waals surface area contributed by atoms with Crippen LogP contribution in [0.2, 0.25) is 0 Å². The number of hydrogen-bond donors (Lipinski definition) is 0. The van der Waals surface area contributed by atoms with E-state index in [2.05, 4.69) is 71.1 Å². The number of sulfonamides is 1. The smallest absolute Gasteiger partial charge is 0.318 e. The van der Waals surface area contributed by atoms with Gasteiger partial charge in [0.1, 0.15) is 18.5 Å². The van der Waals surface area contributed by atoms with Crippen LogP contribution in [-0.4, -0.2) is 116 Å². The van der Waals surface area contributed by atoms with Crippen molar-refractivity contribution in [2.45, 2.75) is 57.3 Å². The summed E-state index contributed by atoms with van der Waals surface area (Å²) >= 11 is 0. The van der Waals surface area contributed by atoms with Gasteiger partial charge in [-0.15, -0.1) is 0 Å². The second-order valence-electron chi connectivity index (χ2n) is 13.3. The average Bonchev–Trinajstić information content (AvgIpc) is 3.78. The molecule has 13 heteroatoms. The number of likely N-dealkylation sites (N-methyl/N-ethyl adjacent to an activating group) is 1. The summed E-state index contributed by atoms with van der Waals surface area (Å²) in [5.74, 6) is 0.573. The fourth-order valence-corrected chi connectivity index (χ4v) is 8.51. The van der Waals surface area contributed by atoms with Crippen molar-refractivity contribution < 1.29 is 17.9 Å². The summed E-state index contributed by atoms with van der Waals surface area (Å²) in [6.45, 7) is 6.64. The van der Waals surface area contributed by atoms with Crippen LogP contribution in [0, 0.1) is 18.3 Å². The van der Waals surface area contributed by atoms with Crippen LogP contribution < -0.4 is 14.5 Å². The van der Waals surface area contributed by atoms with Crippen LogP contribution in [0.15, 0.2) is 36.4 Å². The fourth-order valence-electron chi connectivity index (χ4n) is 7.55. The SMILES string of the molecule is Cc1cccc2cccc(N3CCc4c(nc(OC[C@@H]5CCCN5C)nc4N4CCN(C(=O)[C@H]5CN5S(C)(=O)=O)[C@@H](CC#N)C4)C3)c12. The Labute approximate surface area is 276 Å². The summed E-state index contributed by atoms with van der Waals surface area (Å²) in [7, 11) is -1.32. The van der Waals surface area contributed by atoms with E-state index < -0.39 is 16.1 Å². The number of aromatic nitrogens is 2. The van der Waals surface area contributed by atoms with Gasteiger partial charge >= 0.3 is 6.01 Å². The second-order valence-corrected chi connectivity index (χ2v) is 15.2. The van der Waals surface area contributed by atoms with E-state index in [1.807, 2.05) is 0 Å². The monoisotopic (exact) mass is 658 g/mol. The van der Waals surface area contributed by atoms with Gasteiger partial charge in [0, 0.05) is 55.4 Å². The van der Waals surface area contributed by atoms with Crippen molar-refractivity contribution in [3.63, 3.8) is 0 Å². The first kappa shape index (κ1) is 31.6. The molecule has 3 fully saturated rings. The van der Waals surface area contributed by atoms with Crippen LogP contribution in [0.5, 0.6) is 6.01 Å². The molecule has 12 nitrogen and oxygen atoms in total. The Morgan fingerprint density at radius 1 is 1.04 bits per heavy atom. The van der Waals surface area contributed by atoms with Crippen molar-refractivity contribution in [3.8, 4) is 12.1 Å². The molecule has 4 aliphatic rings. The Hall–Kier alpha value is -3.99. The lowest BCUT2D eigenvalue weighted by Crippen LogP contribution is -2.57. The summed E-state index contributed by atoms with van der Waals surface area (Å²) < 4.78 is 31.6. The molecule has 0 saturated carbocycles. The molecule has 3 saturated heterocycles. The molecule has 4 atom stereocenters. The van der Waals surface area contributed by atoms with E-state index in [-0.39, 0.29) is 24.9 Å². The van der Waals surface area contributed by atoms with E-state index in [1.165, 1.54) is 26.3 Å². The summed E-state index contributed by atoms with van der Waals surface area (Å²) in [5.41, 5.74) is 4.42. The zero-order chi connectivity index (χ0) is 32.9. The number of carbonyl (C=O) groups is 1. The molecule has 47 heavy (non-hydrogen) atoms. The predicted molar refractivity (Wildman–Crippen MR) is 180 cm³/mol. The molecule has 0 bridgehead atoms. The fraction of sp³-hybridized carbons (Fsp3) is 0.529. The molecule has 5 heterocycles. The number of carbonyl (C=O) groups excluding carboxylic acids is 1. The van der Waals surface area contributed by atoms with Crippen LogP contribution in [0.3, 0.4) is 0 Å². The highest BCUT2D eigenvalue weighted by Gasteiger charge is 2.50. The lowest BCUT2D eigenvalue weighted by molar-refractivity contribution is -0.133. The third-order valence-corrected chi connectivity index (χ3v) is 11.5. The van der Waals surface area contributed by atoms with E-state index in [0.717, 1.165) is 55.7 Å². The number of anilines is 2. The van der Waals surface area contributed by atoms with Crippen LogP contribution in [0.4, 0.5) is 11.5 Å². The van der Waals surface area contributed by atoms with E-state index in [9.17, 15) is 18.5 Å². The predicted octanol–water partition coefficient (Wildman–Crippen LogP) is 2.55. The first-order chi connectivity index (χ1) is 22.6. The first-order valence-electron chi connectivity index (χ1n) is 16.5. The molecule has 0 spiro atoms. The number of piperazine rings is 1. The van der Waals surface area contributed by atoms with Gasteiger partial charge < -0.3 is 24.3 Å². The second kappa shape index (κ2) is 12.6. The van der Waals surface area contributed by atoms with E-state index in [1.54, 1.807) is 4.90 Å². The first-order valence-corrected chi connectivity index (χ1v) is 18.3. The zero-order valence-electron chi connectivity index (χ0n) is 27.3. The number of benzene rings is 2. The third kappa shape index (κ3) is 6.22. The summed E-state index contributed by atoms with van der Waals surface area (Å²) in [6.07, 6.45) is 4.23. The third-order valence-electron chi connectivity index (χ3n) is 10.2. The van der Waals surface area contributed by atoms with Gasteiger partial charge in [-0.05, 0) is 56.8 Å². The number of ether oxygens (including phenoxy) is 1. The van der Waals surface area contributed by atoms with Crippen molar-refractivity contribution in [1.29, 1.82) is 5.26 Å². The van der Waals surface area contributed by atoms with Gasteiger partial charge in [-0.1, -0.05) is 30.3 Å². The molecule has 7 rings (SSSR count).